The first-order valence-electron chi connectivity index (χ1n) is 4.20. The number of hydrogen-bond acceptors (Lipinski definition) is 2. The second-order valence-corrected chi connectivity index (χ2v) is 3.50. The highest BCUT2D eigenvalue weighted by molar-refractivity contribution is 7.80. The van der Waals surface area contributed by atoms with Crippen LogP contribution in [0.2, 0.25) is 0 Å². The van der Waals surface area contributed by atoms with Crippen LogP contribution in [0.15, 0.2) is 30.3 Å². The summed E-state index contributed by atoms with van der Waals surface area (Å²) >= 11 is 5.10. The first-order chi connectivity index (χ1) is 6.13. The van der Waals surface area contributed by atoms with E-state index < -0.39 is 0 Å². The van der Waals surface area contributed by atoms with Gasteiger partial charge in [-0.05, 0) is 13.8 Å². The molecule has 3 heteroatoms. The predicted molar refractivity (Wildman–Crippen MR) is 56.9 cm³/mol. The van der Waals surface area contributed by atoms with Gasteiger partial charge in [0.25, 0.3) is 0 Å². The number of benzene rings is 1. The molecule has 0 aliphatic rings. The van der Waals surface area contributed by atoms with Crippen molar-refractivity contribution in [3.63, 3.8) is 0 Å². The van der Waals surface area contributed by atoms with Crippen molar-refractivity contribution in [2.45, 2.75) is 19.9 Å². The molecule has 1 aromatic rings. The molecule has 70 valence electrons. The smallest absolute Gasteiger partial charge is 0.134 e. The Morgan fingerprint density at radius 1 is 1.31 bits per heavy atom. The first-order valence-corrected chi connectivity index (χ1v) is 4.61. The van der Waals surface area contributed by atoms with Crippen molar-refractivity contribution in [3.05, 3.63) is 35.9 Å². The van der Waals surface area contributed by atoms with Crippen molar-refractivity contribution in [3.8, 4) is 0 Å². The Morgan fingerprint density at radius 2 is 1.85 bits per heavy atom. The highest BCUT2D eigenvalue weighted by Crippen LogP contribution is 2.06. The van der Waals surface area contributed by atoms with Crippen LogP contribution in [0.1, 0.15) is 19.4 Å². The van der Waals surface area contributed by atoms with Crippen LogP contribution in [0.25, 0.3) is 0 Å². The van der Waals surface area contributed by atoms with Crippen LogP contribution in [0.5, 0.6) is 0 Å². The van der Waals surface area contributed by atoms with Gasteiger partial charge >= 0.3 is 0 Å². The van der Waals surface area contributed by atoms with E-state index in [1.54, 1.807) is 0 Å². The molecular formula is C10H13NOS. The Labute approximate surface area is 83.8 Å². The van der Waals surface area contributed by atoms with Gasteiger partial charge in [-0.2, -0.15) is 0 Å². The second kappa shape index (κ2) is 4.35. The zero-order valence-electron chi connectivity index (χ0n) is 7.77. The molecule has 0 fully saturated rings. The molecule has 2 nitrogen and oxygen atoms in total. The minimum atomic E-state index is 0.00714. The van der Waals surface area contributed by atoms with E-state index in [0.717, 1.165) is 10.6 Å². The molecule has 0 radical (unpaired) electrons. The van der Waals surface area contributed by atoms with Gasteiger partial charge in [0.2, 0.25) is 0 Å². The molecule has 0 atom stereocenters. The van der Waals surface area contributed by atoms with Gasteiger partial charge in [0, 0.05) is 5.56 Å². The molecule has 0 saturated heterocycles. The van der Waals surface area contributed by atoms with Crippen LogP contribution >= 0.6 is 12.2 Å². The zero-order valence-corrected chi connectivity index (χ0v) is 8.58. The summed E-state index contributed by atoms with van der Waals surface area (Å²) in [6.07, 6.45) is 0. The molecule has 0 saturated carbocycles. The highest BCUT2D eigenvalue weighted by Gasteiger charge is 2.11. The third-order valence-corrected chi connectivity index (χ3v) is 2.14. The van der Waals surface area contributed by atoms with E-state index in [1.165, 1.54) is 0 Å². The van der Waals surface area contributed by atoms with Crippen molar-refractivity contribution in [2.24, 2.45) is 0 Å². The molecule has 0 heterocycles. The highest BCUT2D eigenvalue weighted by atomic mass is 32.1. The molecule has 0 unspecified atom stereocenters. The Balaban J connectivity index is 2.80. The van der Waals surface area contributed by atoms with E-state index in [2.05, 4.69) is 0 Å². The van der Waals surface area contributed by atoms with Crippen LogP contribution in [0, 0.1) is 0 Å². The van der Waals surface area contributed by atoms with Gasteiger partial charge in [-0.1, -0.05) is 42.5 Å². The van der Waals surface area contributed by atoms with Gasteiger partial charge in [0.15, 0.2) is 0 Å². The summed E-state index contributed by atoms with van der Waals surface area (Å²) in [7, 11) is 0. The normalized spacial score (nSPS) is 10.2. The second-order valence-electron chi connectivity index (χ2n) is 3.11. The maximum atomic E-state index is 9.54. The molecular weight excluding hydrogens is 182 g/mol. The maximum absolute atomic E-state index is 9.54. The van der Waals surface area contributed by atoms with Gasteiger partial charge in [-0.25, -0.2) is 5.06 Å². The standard InChI is InChI=1S/C10H13NOS/c1-8(2)11(12)10(13)9-6-4-3-5-7-9/h3-8,12H,1-2H3. The average molecular weight is 195 g/mol. The lowest BCUT2D eigenvalue weighted by Gasteiger charge is -2.21. The Kier molecular flexibility index (Phi) is 3.39. The molecule has 0 bridgehead atoms. The zero-order chi connectivity index (χ0) is 9.84. The fourth-order valence-electron chi connectivity index (χ4n) is 0.948. The van der Waals surface area contributed by atoms with Gasteiger partial charge in [0.1, 0.15) is 4.99 Å². The van der Waals surface area contributed by atoms with E-state index in [-0.39, 0.29) is 6.04 Å². The van der Waals surface area contributed by atoms with Gasteiger partial charge in [-0.15, -0.1) is 0 Å². The third-order valence-electron chi connectivity index (χ3n) is 1.72. The lowest BCUT2D eigenvalue weighted by molar-refractivity contribution is -0.0383. The number of hydroxylamine groups is 2. The quantitative estimate of drug-likeness (QED) is 0.579. The Morgan fingerprint density at radius 3 is 2.31 bits per heavy atom. The first kappa shape index (κ1) is 10.2. The lowest BCUT2D eigenvalue weighted by atomic mass is 10.2. The van der Waals surface area contributed by atoms with Gasteiger partial charge < -0.3 is 0 Å². The summed E-state index contributed by atoms with van der Waals surface area (Å²) < 4.78 is 0. The topological polar surface area (TPSA) is 23.5 Å². The van der Waals surface area contributed by atoms with Crippen LogP contribution in [-0.4, -0.2) is 21.3 Å². The van der Waals surface area contributed by atoms with Crippen LogP contribution in [-0.2, 0) is 0 Å². The van der Waals surface area contributed by atoms with Crippen LogP contribution in [0.4, 0.5) is 0 Å². The third kappa shape index (κ3) is 2.50. The molecule has 13 heavy (non-hydrogen) atoms. The molecule has 1 rings (SSSR count). The van der Waals surface area contributed by atoms with Crippen LogP contribution in [0.3, 0.4) is 0 Å². The SMILES string of the molecule is CC(C)N(O)C(=S)c1ccccc1. The number of nitrogens with zero attached hydrogens (tertiary/aromatic N) is 1. The fraction of sp³-hybridized carbons (Fsp3) is 0.300. The average Bonchev–Trinajstić information content (AvgIpc) is 2.17. The fourth-order valence-corrected chi connectivity index (χ4v) is 1.29. The van der Waals surface area contributed by atoms with Crippen molar-refractivity contribution in [1.29, 1.82) is 0 Å². The van der Waals surface area contributed by atoms with Crippen molar-refractivity contribution in [2.75, 3.05) is 0 Å². The van der Waals surface area contributed by atoms with Crippen molar-refractivity contribution < 1.29 is 5.21 Å². The summed E-state index contributed by atoms with van der Waals surface area (Å²) in [5.41, 5.74) is 0.869. The summed E-state index contributed by atoms with van der Waals surface area (Å²) in [4.78, 5) is 0.468. The lowest BCUT2D eigenvalue weighted by Crippen LogP contribution is -2.32. The van der Waals surface area contributed by atoms with Crippen molar-refractivity contribution in [1.82, 2.24) is 5.06 Å². The van der Waals surface area contributed by atoms with E-state index in [1.807, 2.05) is 44.2 Å². The number of hydrogen-bond donors (Lipinski definition) is 1. The summed E-state index contributed by atoms with van der Waals surface area (Å²) in [5.74, 6) is 0. The predicted octanol–water partition coefficient (Wildman–Crippen LogP) is 2.46. The Bertz CT molecular complexity index is 284. The molecule has 0 spiro atoms. The van der Waals surface area contributed by atoms with Crippen LogP contribution < -0.4 is 0 Å². The van der Waals surface area contributed by atoms with E-state index in [0.29, 0.717) is 4.99 Å². The summed E-state index contributed by atoms with van der Waals surface area (Å²) in [6.45, 7) is 3.77. The summed E-state index contributed by atoms with van der Waals surface area (Å²) in [5, 5.41) is 10.6. The van der Waals surface area contributed by atoms with Gasteiger partial charge in [0.05, 0.1) is 6.04 Å². The maximum Gasteiger partial charge on any atom is 0.134 e. The molecule has 0 aliphatic heterocycles. The minimum Gasteiger partial charge on any atom is -0.287 e. The van der Waals surface area contributed by atoms with Crippen molar-refractivity contribution >= 4 is 17.2 Å². The summed E-state index contributed by atoms with van der Waals surface area (Å²) in [6, 6.07) is 9.49. The van der Waals surface area contributed by atoms with E-state index in [4.69, 9.17) is 12.2 Å². The molecule has 1 N–H and O–H groups in total. The number of thiocarbonyl (C=S) groups is 1. The number of rotatable bonds is 2. The largest absolute Gasteiger partial charge is 0.287 e. The molecule has 0 aromatic heterocycles. The molecule has 1 aromatic carbocycles. The minimum absolute atomic E-state index is 0.00714. The Hall–Kier alpha value is -0.930. The molecule has 0 aliphatic carbocycles. The molecule has 0 amide bonds. The van der Waals surface area contributed by atoms with E-state index >= 15 is 0 Å². The van der Waals surface area contributed by atoms with Gasteiger partial charge in [-0.3, -0.25) is 5.21 Å². The monoisotopic (exact) mass is 195 g/mol. The van der Waals surface area contributed by atoms with E-state index in [9.17, 15) is 5.21 Å².